The van der Waals surface area contributed by atoms with E-state index < -0.39 is 17.3 Å². The Morgan fingerprint density at radius 1 is 1.21 bits per heavy atom. The van der Waals surface area contributed by atoms with Crippen molar-refractivity contribution in [3.05, 3.63) is 24.0 Å². The smallest absolute Gasteiger partial charge is 0.420 e. The molecule has 8 heteroatoms. The fraction of sp³-hybridized carbons (Fsp3) is 0.700. The maximum absolute atomic E-state index is 13.1. The van der Waals surface area contributed by atoms with Crippen molar-refractivity contribution in [2.75, 3.05) is 13.1 Å². The van der Waals surface area contributed by atoms with E-state index in [0.29, 0.717) is 25.9 Å². The Labute approximate surface area is 163 Å². The molecule has 1 atom stereocenters. The standard InChI is InChI=1S/C20H27F3N2O3/c1-18(2,3)28-17(26)25-10-7-19(8-11-25)6-4-14(12-19)27-16-13-24-9-5-15(16)20(21,22)23/h5,9,13-14H,4,6-8,10-12H2,1-3H3. The van der Waals surface area contributed by atoms with Gasteiger partial charge in [-0.05, 0) is 64.4 Å². The highest BCUT2D eigenvalue weighted by Crippen LogP contribution is 2.48. The Hall–Kier alpha value is -1.99. The van der Waals surface area contributed by atoms with Gasteiger partial charge < -0.3 is 14.4 Å². The molecule has 2 aliphatic rings. The molecule has 1 saturated heterocycles. The van der Waals surface area contributed by atoms with Crippen molar-refractivity contribution in [3.8, 4) is 5.75 Å². The number of amides is 1. The molecule has 1 aromatic heterocycles. The summed E-state index contributed by atoms with van der Waals surface area (Å²) in [7, 11) is 0. The van der Waals surface area contributed by atoms with Crippen LogP contribution in [-0.4, -0.2) is 40.8 Å². The minimum atomic E-state index is -4.46. The highest BCUT2D eigenvalue weighted by Gasteiger charge is 2.44. The van der Waals surface area contributed by atoms with Crippen molar-refractivity contribution in [2.45, 2.75) is 70.8 Å². The molecule has 0 N–H and O–H groups in total. The number of likely N-dealkylation sites (tertiary alicyclic amines) is 1. The number of rotatable bonds is 2. The maximum atomic E-state index is 13.1. The summed E-state index contributed by atoms with van der Waals surface area (Å²) in [6, 6.07) is 0.944. The number of pyridine rings is 1. The van der Waals surface area contributed by atoms with Crippen molar-refractivity contribution in [3.63, 3.8) is 0 Å². The third kappa shape index (κ3) is 4.89. The van der Waals surface area contributed by atoms with Gasteiger partial charge >= 0.3 is 12.3 Å². The zero-order valence-corrected chi connectivity index (χ0v) is 16.5. The number of carbonyl (C=O) groups is 1. The lowest BCUT2D eigenvalue weighted by Crippen LogP contribution is -2.44. The van der Waals surface area contributed by atoms with Gasteiger partial charge in [-0.15, -0.1) is 0 Å². The van der Waals surface area contributed by atoms with E-state index in [9.17, 15) is 18.0 Å². The predicted octanol–water partition coefficient (Wildman–Crippen LogP) is 5.05. The first kappa shape index (κ1) is 20.7. The fourth-order valence-corrected chi connectivity index (χ4v) is 4.09. The van der Waals surface area contributed by atoms with Crippen LogP contribution in [0.2, 0.25) is 0 Å². The normalized spacial score (nSPS) is 22.4. The van der Waals surface area contributed by atoms with E-state index in [0.717, 1.165) is 37.7 Å². The second kappa shape index (κ2) is 7.44. The summed E-state index contributed by atoms with van der Waals surface area (Å²) < 4.78 is 50.6. The van der Waals surface area contributed by atoms with E-state index in [1.54, 1.807) is 4.90 Å². The molecule has 5 nitrogen and oxygen atoms in total. The minimum Gasteiger partial charge on any atom is -0.488 e. The van der Waals surface area contributed by atoms with Gasteiger partial charge in [0.05, 0.1) is 12.3 Å². The monoisotopic (exact) mass is 400 g/mol. The minimum absolute atomic E-state index is 0.0176. The summed E-state index contributed by atoms with van der Waals surface area (Å²) in [6.45, 7) is 6.71. The van der Waals surface area contributed by atoms with Gasteiger partial charge in [0.2, 0.25) is 0 Å². The van der Waals surface area contributed by atoms with Crippen molar-refractivity contribution in [2.24, 2.45) is 5.41 Å². The number of halogens is 3. The summed E-state index contributed by atoms with van der Waals surface area (Å²) in [5, 5.41) is 0. The van der Waals surface area contributed by atoms with Crippen molar-refractivity contribution < 1.29 is 27.4 Å². The molecular weight excluding hydrogens is 373 g/mol. The molecule has 1 spiro atoms. The van der Waals surface area contributed by atoms with Crippen LogP contribution < -0.4 is 4.74 Å². The second-order valence-corrected chi connectivity index (χ2v) is 8.82. The number of ether oxygens (including phenoxy) is 2. The third-order valence-electron chi connectivity index (χ3n) is 5.52. The molecule has 1 aliphatic heterocycles. The zero-order valence-electron chi connectivity index (χ0n) is 16.5. The van der Waals surface area contributed by atoms with Gasteiger partial charge in [-0.2, -0.15) is 13.2 Å². The number of alkyl halides is 3. The van der Waals surface area contributed by atoms with Crippen molar-refractivity contribution in [1.82, 2.24) is 9.88 Å². The summed E-state index contributed by atoms with van der Waals surface area (Å²) in [4.78, 5) is 17.7. The first-order valence-corrected chi connectivity index (χ1v) is 9.63. The van der Waals surface area contributed by atoms with E-state index in [1.807, 2.05) is 20.8 Å². The number of hydrogen-bond acceptors (Lipinski definition) is 4. The molecular formula is C20H27F3N2O3. The molecule has 1 unspecified atom stereocenters. The van der Waals surface area contributed by atoms with E-state index in [4.69, 9.17) is 9.47 Å². The number of hydrogen-bond donors (Lipinski definition) is 0. The number of carbonyl (C=O) groups excluding carboxylic acids is 1. The summed E-state index contributed by atoms with van der Waals surface area (Å²) in [6.07, 6.45) is 1.14. The Morgan fingerprint density at radius 3 is 2.50 bits per heavy atom. The average molecular weight is 400 g/mol. The number of aromatic nitrogens is 1. The molecule has 0 aromatic carbocycles. The number of nitrogens with zero attached hydrogens (tertiary/aromatic N) is 2. The zero-order chi connectivity index (χ0) is 20.6. The van der Waals surface area contributed by atoms with Gasteiger partial charge in [0.1, 0.15) is 16.9 Å². The third-order valence-corrected chi connectivity index (χ3v) is 5.52. The lowest BCUT2D eigenvalue weighted by atomic mass is 9.77. The molecule has 0 radical (unpaired) electrons. The van der Waals surface area contributed by atoms with E-state index >= 15 is 0 Å². The highest BCUT2D eigenvalue weighted by molar-refractivity contribution is 5.68. The fourth-order valence-electron chi connectivity index (χ4n) is 4.09. The van der Waals surface area contributed by atoms with E-state index in [1.165, 1.54) is 0 Å². The lowest BCUT2D eigenvalue weighted by molar-refractivity contribution is -0.139. The molecule has 1 aliphatic carbocycles. The van der Waals surface area contributed by atoms with Gasteiger partial charge in [0.25, 0.3) is 0 Å². The van der Waals surface area contributed by atoms with Crippen LogP contribution in [0.15, 0.2) is 18.5 Å². The molecule has 2 heterocycles. The molecule has 1 amide bonds. The highest BCUT2D eigenvalue weighted by atomic mass is 19.4. The van der Waals surface area contributed by atoms with E-state index in [-0.39, 0.29) is 23.4 Å². The molecule has 156 valence electrons. The van der Waals surface area contributed by atoms with Crippen LogP contribution in [0.1, 0.15) is 58.4 Å². The molecule has 1 saturated carbocycles. The van der Waals surface area contributed by atoms with Crippen molar-refractivity contribution >= 4 is 6.09 Å². The average Bonchev–Trinajstić information content (AvgIpc) is 2.95. The molecule has 2 fully saturated rings. The Morgan fingerprint density at radius 2 is 1.89 bits per heavy atom. The van der Waals surface area contributed by atoms with Crippen LogP contribution in [0.4, 0.5) is 18.0 Å². The SMILES string of the molecule is CC(C)(C)OC(=O)N1CCC2(CCC(Oc3cnccc3C(F)(F)F)C2)CC1. The lowest BCUT2D eigenvalue weighted by Gasteiger charge is -2.39. The summed E-state index contributed by atoms with van der Waals surface area (Å²) >= 11 is 0. The van der Waals surface area contributed by atoms with Gasteiger partial charge in [-0.25, -0.2) is 4.79 Å². The molecule has 3 rings (SSSR count). The Bertz CT molecular complexity index is 707. The van der Waals surface area contributed by atoms with Crippen LogP contribution >= 0.6 is 0 Å². The van der Waals surface area contributed by atoms with Crippen LogP contribution in [0.25, 0.3) is 0 Å². The second-order valence-electron chi connectivity index (χ2n) is 8.82. The summed E-state index contributed by atoms with van der Waals surface area (Å²) in [5.74, 6) is -0.205. The van der Waals surface area contributed by atoms with Gasteiger partial charge in [0, 0.05) is 19.3 Å². The van der Waals surface area contributed by atoms with Gasteiger partial charge in [-0.1, -0.05) is 0 Å². The predicted molar refractivity (Wildman–Crippen MR) is 97.0 cm³/mol. The summed E-state index contributed by atoms with van der Waals surface area (Å²) in [5.41, 5.74) is -1.30. The topological polar surface area (TPSA) is 51.7 Å². The largest absolute Gasteiger partial charge is 0.488 e. The first-order valence-electron chi connectivity index (χ1n) is 9.63. The van der Waals surface area contributed by atoms with Crippen molar-refractivity contribution in [1.29, 1.82) is 0 Å². The first-order chi connectivity index (χ1) is 13.0. The maximum Gasteiger partial charge on any atom is 0.420 e. The molecule has 28 heavy (non-hydrogen) atoms. The van der Waals surface area contributed by atoms with Crippen LogP contribution in [0.3, 0.4) is 0 Å². The Kier molecular flexibility index (Phi) is 5.51. The van der Waals surface area contributed by atoms with Gasteiger partial charge in [0.15, 0.2) is 0 Å². The van der Waals surface area contributed by atoms with Crippen LogP contribution in [0, 0.1) is 5.41 Å². The molecule has 0 bridgehead atoms. The number of piperidine rings is 1. The van der Waals surface area contributed by atoms with E-state index in [2.05, 4.69) is 4.98 Å². The van der Waals surface area contributed by atoms with Crippen LogP contribution in [0.5, 0.6) is 5.75 Å². The van der Waals surface area contributed by atoms with Gasteiger partial charge in [-0.3, -0.25) is 4.98 Å². The quantitative estimate of drug-likeness (QED) is 0.697. The van der Waals surface area contributed by atoms with Crippen LogP contribution in [-0.2, 0) is 10.9 Å². The Balaban J connectivity index is 1.58. The molecule has 1 aromatic rings.